The number of fused-ring (bicyclic) bond motifs is 4. The lowest BCUT2D eigenvalue weighted by molar-refractivity contribution is -0.122. The lowest BCUT2D eigenvalue weighted by Gasteiger charge is -2.11. The van der Waals surface area contributed by atoms with Gasteiger partial charge >= 0.3 is 0 Å². The maximum absolute atomic E-state index is 13.1. The predicted octanol–water partition coefficient (Wildman–Crippen LogP) is 3.37. The molecule has 2 aliphatic heterocycles. The molecule has 2 aromatic heterocycles. The predicted molar refractivity (Wildman–Crippen MR) is 129 cm³/mol. The zero-order valence-corrected chi connectivity index (χ0v) is 19.0. The third-order valence-corrected chi connectivity index (χ3v) is 6.44. The first-order valence-electron chi connectivity index (χ1n) is 11.3. The average molecular weight is 457 g/mol. The molecular weight excluding hydrogens is 432 g/mol. The SMILES string of the molecule is CN(C)CCCn1cc(C2=C(c3c[nH]c4ccccc34)C(=O)NC2=O)c2ccc3c(c21)OCO3. The molecule has 0 radical (unpaired) electrons. The molecule has 0 spiro atoms. The Morgan fingerprint density at radius 2 is 1.76 bits per heavy atom. The first-order chi connectivity index (χ1) is 16.5. The van der Waals surface area contributed by atoms with E-state index in [0.717, 1.165) is 41.3 Å². The zero-order chi connectivity index (χ0) is 23.4. The average Bonchev–Trinajstić information content (AvgIpc) is 3.57. The number of nitrogens with zero attached hydrogens (tertiary/aromatic N) is 2. The van der Waals surface area contributed by atoms with Gasteiger partial charge in [0.2, 0.25) is 6.79 Å². The second-order valence-corrected chi connectivity index (χ2v) is 8.87. The largest absolute Gasteiger partial charge is 0.454 e. The zero-order valence-electron chi connectivity index (χ0n) is 19.0. The Kier molecular flexibility index (Phi) is 4.70. The van der Waals surface area contributed by atoms with Crippen molar-refractivity contribution in [3.63, 3.8) is 0 Å². The van der Waals surface area contributed by atoms with E-state index in [-0.39, 0.29) is 12.7 Å². The molecule has 2 N–H and O–H groups in total. The molecule has 0 unspecified atom stereocenters. The van der Waals surface area contributed by atoms with Gasteiger partial charge in [-0.15, -0.1) is 0 Å². The van der Waals surface area contributed by atoms with Crippen LogP contribution in [0.5, 0.6) is 11.5 Å². The van der Waals surface area contributed by atoms with Crippen molar-refractivity contribution >= 4 is 44.8 Å². The summed E-state index contributed by atoms with van der Waals surface area (Å²) in [4.78, 5) is 31.5. The number of hydrogen-bond donors (Lipinski definition) is 2. The molecule has 2 aromatic carbocycles. The Balaban J connectivity index is 1.59. The first kappa shape index (κ1) is 20.6. The number of carbonyl (C=O) groups excluding carboxylic acids is 2. The van der Waals surface area contributed by atoms with Crippen LogP contribution in [0.4, 0.5) is 0 Å². The second-order valence-electron chi connectivity index (χ2n) is 8.87. The van der Waals surface area contributed by atoms with E-state index in [1.165, 1.54) is 0 Å². The van der Waals surface area contributed by atoms with Gasteiger partial charge in [0.15, 0.2) is 11.5 Å². The summed E-state index contributed by atoms with van der Waals surface area (Å²) in [5.74, 6) is 0.575. The fourth-order valence-electron chi connectivity index (χ4n) is 4.93. The number of aromatic nitrogens is 2. The quantitative estimate of drug-likeness (QED) is 0.435. The van der Waals surface area contributed by atoms with Crippen molar-refractivity contribution in [3.8, 4) is 11.5 Å². The highest BCUT2D eigenvalue weighted by Crippen LogP contribution is 2.44. The number of hydrogen-bond acceptors (Lipinski definition) is 5. The van der Waals surface area contributed by atoms with Crippen molar-refractivity contribution in [3.05, 3.63) is 59.9 Å². The van der Waals surface area contributed by atoms with Crippen LogP contribution >= 0.6 is 0 Å². The van der Waals surface area contributed by atoms with E-state index in [9.17, 15) is 9.59 Å². The maximum atomic E-state index is 13.1. The van der Waals surface area contributed by atoms with E-state index < -0.39 is 5.91 Å². The van der Waals surface area contributed by atoms with Crippen LogP contribution < -0.4 is 14.8 Å². The molecule has 0 aliphatic carbocycles. The van der Waals surface area contributed by atoms with Gasteiger partial charge in [-0.3, -0.25) is 14.9 Å². The fraction of sp³-hybridized carbons (Fsp3) is 0.231. The van der Waals surface area contributed by atoms with Gasteiger partial charge in [0.05, 0.1) is 16.7 Å². The molecule has 0 saturated carbocycles. The van der Waals surface area contributed by atoms with Gasteiger partial charge in [0.1, 0.15) is 0 Å². The van der Waals surface area contributed by atoms with Crippen molar-refractivity contribution in [2.75, 3.05) is 27.4 Å². The Labute approximate surface area is 195 Å². The van der Waals surface area contributed by atoms with Crippen molar-refractivity contribution in [1.29, 1.82) is 0 Å². The van der Waals surface area contributed by atoms with Crippen LogP contribution in [0.25, 0.3) is 33.0 Å². The standard InChI is InChI=1S/C26H24N4O4/c1-29(2)10-5-11-30-13-18(16-8-9-20-24(23(16)30)34-14-33-20)22-21(25(31)28-26(22)32)17-12-27-19-7-4-3-6-15(17)19/h3-4,6-9,12-13,27H,5,10-11,14H2,1-2H3,(H,28,31,32). The number of rotatable bonds is 6. The summed E-state index contributed by atoms with van der Waals surface area (Å²) in [5, 5.41) is 4.26. The van der Waals surface area contributed by atoms with E-state index in [4.69, 9.17) is 9.47 Å². The number of H-pyrrole nitrogens is 1. The van der Waals surface area contributed by atoms with Gasteiger partial charge < -0.3 is 23.9 Å². The van der Waals surface area contributed by atoms with Gasteiger partial charge in [-0.25, -0.2) is 0 Å². The van der Waals surface area contributed by atoms with E-state index in [1.54, 1.807) is 6.20 Å². The number of amides is 2. The molecule has 8 nitrogen and oxygen atoms in total. The van der Waals surface area contributed by atoms with Gasteiger partial charge in [-0.2, -0.15) is 0 Å². The summed E-state index contributed by atoms with van der Waals surface area (Å²) < 4.78 is 13.5. The molecule has 172 valence electrons. The van der Waals surface area contributed by atoms with Crippen LogP contribution in [0, 0.1) is 0 Å². The van der Waals surface area contributed by atoms with Crippen molar-refractivity contribution in [2.24, 2.45) is 0 Å². The van der Waals surface area contributed by atoms with E-state index in [1.807, 2.05) is 56.7 Å². The summed E-state index contributed by atoms with van der Waals surface area (Å²) in [7, 11) is 4.08. The highest BCUT2D eigenvalue weighted by molar-refractivity contribution is 6.50. The Hall–Kier alpha value is -4.04. The number of aryl methyl sites for hydroxylation is 1. The summed E-state index contributed by atoms with van der Waals surface area (Å²) in [5.41, 5.74) is 3.97. The van der Waals surface area contributed by atoms with Gasteiger partial charge in [-0.1, -0.05) is 18.2 Å². The monoisotopic (exact) mass is 456 g/mol. The third kappa shape index (κ3) is 3.10. The Morgan fingerprint density at radius 1 is 0.971 bits per heavy atom. The van der Waals surface area contributed by atoms with Crippen LogP contribution in [-0.4, -0.2) is 53.7 Å². The first-order valence-corrected chi connectivity index (χ1v) is 11.3. The summed E-state index contributed by atoms with van der Waals surface area (Å²) >= 11 is 0. The molecule has 34 heavy (non-hydrogen) atoms. The molecule has 0 fully saturated rings. The molecule has 4 aromatic rings. The second kappa shape index (κ2) is 7.78. The summed E-state index contributed by atoms with van der Waals surface area (Å²) in [6, 6.07) is 11.6. The van der Waals surface area contributed by atoms with Gasteiger partial charge in [0, 0.05) is 46.4 Å². The normalized spacial score (nSPS) is 15.4. The Bertz CT molecular complexity index is 1510. The number of aromatic amines is 1. The minimum Gasteiger partial charge on any atom is -0.454 e. The number of para-hydroxylation sites is 1. The Morgan fingerprint density at radius 3 is 2.59 bits per heavy atom. The number of imide groups is 1. The lowest BCUT2D eigenvalue weighted by Crippen LogP contribution is -2.22. The van der Waals surface area contributed by atoms with E-state index in [2.05, 4.69) is 19.8 Å². The van der Waals surface area contributed by atoms with Crippen LogP contribution in [0.15, 0.2) is 48.8 Å². The molecule has 0 atom stereocenters. The number of benzene rings is 2. The topological polar surface area (TPSA) is 88.6 Å². The molecule has 0 saturated heterocycles. The van der Waals surface area contributed by atoms with Gasteiger partial charge in [-0.05, 0) is 45.3 Å². The molecule has 0 bridgehead atoms. The lowest BCUT2D eigenvalue weighted by atomic mass is 9.95. The van der Waals surface area contributed by atoms with E-state index in [0.29, 0.717) is 33.8 Å². The molecule has 2 amide bonds. The third-order valence-electron chi connectivity index (χ3n) is 6.44. The molecule has 8 heteroatoms. The van der Waals surface area contributed by atoms with Gasteiger partial charge in [0.25, 0.3) is 11.8 Å². The number of carbonyl (C=O) groups is 2. The minimum atomic E-state index is -0.393. The van der Waals surface area contributed by atoms with Crippen molar-refractivity contribution in [1.82, 2.24) is 19.8 Å². The summed E-state index contributed by atoms with van der Waals surface area (Å²) in [6.07, 6.45) is 4.67. The minimum absolute atomic E-state index is 0.162. The number of nitrogens with one attached hydrogen (secondary N) is 2. The molecule has 4 heterocycles. The maximum Gasteiger partial charge on any atom is 0.259 e. The molecule has 6 rings (SSSR count). The van der Waals surface area contributed by atoms with Crippen LogP contribution in [0.2, 0.25) is 0 Å². The summed E-state index contributed by atoms with van der Waals surface area (Å²) in [6.45, 7) is 1.82. The smallest absolute Gasteiger partial charge is 0.259 e. The molecular formula is C26H24N4O4. The fourth-order valence-corrected chi connectivity index (χ4v) is 4.93. The van der Waals surface area contributed by atoms with E-state index >= 15 is 0 Å². The highest BCUT2D eigenvalue weighted by atomic mass is 16.7. The molecule has 2 aliphatic rings. The van der Waals surface area contributed by atoms with Crippen molar-refractivity contribution < 1.29 is 19.1 Å². The number of ether oxygens (including phenoxy) is 2. The van der Waals surface area contributed by atoms with Crippen LogP contribution in [0.1, 0.15) is 17.5 Å². The van der Waals surface area contributed by atoms with Crippen molar-refractivity contribution in [2.45, 2.75) is 13.0 Å². The highest BCUT2D eigenvalue weighted by Gasteiger charge is 2.36. The van der Waals surface area contributed by atoms with Crippen LogP contribution in [-0.2, 0) is 16.1 Å². The van der Waals surface area contributed by atoms with Crippen LogP contribution in [0.3, 0.4) is 0 Å².